The van der Waals surface area contributed by atoms with Crippen LogP contribution in [0.25, 0.3) is 0 Å². The van der Waals surface area contributed by atoms with Crippen LogP contribution in [0.4, 0.5) is 5.69 Å². The van der Waals surface area contributed by atoms with Gasteiger partial charge in [-0.3, -0.25) is 9.69 Å². The number of aliphatic hydroxyl groups is 1. The minimum atomic E-state index is -0.251. The largest absolute Gasteiger partial charge is 0.497 e. The Morgan fingerprint density at radius 3 is 2.46 bits per heavy atom. The van der Waals surface area contributed by atoms with Gasteiger partial charge in [-0.05, 0) is 43.3 Å². The number of aliphatic hydroxyl groups excluding tert-OH is 1. The van der Waals surface area contributed by atoms with Crippen LogP contribution in [0.5, 0.6) is 5.75 Å². The highest BCUT2D eigenvalue weighted by Crippen LogP contribution is 2.22. The summed E-state index contributed by atoms with van der Waals surface area (Å²) in [5, 5.41) is 12.6. The number of hydrogen-bond acceptors (Lipinski definition) is 4. The Bertz CT molecular complexity index is 671. The number of rotatable bonds is 7. The number of nitrogens with one attached hydrogen (secondary N) is 1. The van der Waals surface area contributed by atoms with Crippen LogP contribution in [-0.4, -0.2) is 43.2 Å². The minimum absolute atomic E-state index is 0.0690. The predicted octanol–water partition coefficient (Wildman–Crippen LogP) is 2.61. The van der Waals surface area contributed by atoms with Crippen molar-refractivity contribution in [2.24, 2.45) is 0 Å². The van der Waals surface area contributed by atoms with Crippen LogP contribution in [0.3, 0.4) is 0 Å². The van der Waals surface area contributed by atoms with Crippen molar-refractivity contribution in [1.29, 1.82) is 0 Å². The van der Waals surface area contributed by atoms with E-state index >= 15 is 0 Å². The molecule has 0 heterocycles. The molecule has 0 aliphatic rings. The number of nitrogens with zero attached hydrogens (tertiary/aromatic N) is 1. The fraction of sp³-hybridized carbons (Fsp3) is 0.316. The Morgan fingerprint density at radius 1 is 1.21 bits per heavy atom. The van der Waals surface area contributed by atoms with E-state index in [0.717, 1.165) is 22.6 Å². The molecule has 2 N–H and O–H groups in total. The number of likely N-dealkylation sites (N-methyl/N-ethyl adjacent to an activating group) is 1. The second-order valence-electron chi connectivity index (χ2n) is 5.75. The topological polar surface area (TPSA) is 61.8 Å². The zero-order valence-electron chi connectivity index (χ0n) is 14.3. The van der Waals surface area contributed by atoms with Crippen LogP contribution in [0.1, 0.15) is 17.2 Å². The van der Waals surface area contributed by atoms with Gasteiger partial charge in [-0.25, -0.2) is 0 Å². The highest BCUT2D eigenvalue weighted by Gasteiger charge is 2.19. The molecule has 128 valence electrons. The summed E-state index contributed by atoms with van der Waals surface area (Å²) in [5.74, 6) is 0.647. The van der Waals surface area contributed by atoms with Gasteiger partial charge in [0, 0.05) is 5.69 Å². The van der Waals surface area contributed by atoms with Gasteiger partial charge in [0.05, 0.1) is 26.3 Å². The van der Waals surface area contributed by atoms with E-state index in [9.17, 15) is 9.90 Å². The second kappa shape index (κ2) is 8.47. The van der Waals surface area contributed by atoms with Gasteiger partial charge in [0.25, 0.3) is 0 Å². The first kappa shape index (κ1) is 18.0. The zero-order chi connectivity index (χ0) is 17.5. The molecule has 0 aliphatic carbocycles. The first-order valence-electron chi connectivity index (χ1n) is 7.85. The molecule has 0 spiro atoms. The molecule has 2 aromatic carbocycles. The highest BCUT2D eigenvalue weighted by molar-refractivity contribution is 5.92. The molecule has 2 aromatic rings. The summed E-state index contributed by atoms with van der Waals surface area (Å²) in [6, 6.07) is 14.9. The van der Waals surface area contributed by atoms with E-state index in [1.807, 2.05) is 67.4 Å². The van der Waals surface area contributed by atoms with Gasteiger partial charge in [0.15, 0.2) is 0 Å². The van der Waals surface area contributed by atoms with E-state index in [0.29, 0.717) is 0 Å². The molecule has 2 rings (SSSR count). The molecule has 0 aromatic heterocycles. The number of hydrogen-bond donors (Lipinski definition) is 2. The van der Waals surface area contributed by atoms with Crippen molar-refractivity contribution in [3.05, 3.63) is 59.7 Å². The summed E-state index contributed by atoms with van der Waals surface area (Å²) < 4.78 is 5.14. The van der Waals surface area contributed by atoms with Crippen molar-refractivity contribution < 1.29 is 14.6 Å². The first-order chi connectivity index (χ1) is 11.5. The molecular formula is C19H24N2O3. The molecule has 0 aliphatic heterocycles. The Labute approximate surface area is 142 Å². The summed E-state index contributed by atoms with van der Waals surface area (Å²) in [5.41, 5.74) is 2.76. The normalized spacial score (nSPS) is 12.0. The van der Waals surface area contributed by atoms with Crippen LogP contribution >= 0.6 is 0 Å². The minimum Gasteiger partial charge on any atom is -0.497 e. The first-order valence-corrected chi connectivity index (χ1v) is 7.85. The smallest absolute Gasteiger partial charge is 0.238 e. The number of benzene rings is 2. The fourth-order valence-corrected chi connectivity index (χ4v) is 2.56. The van der Waals surface area contributed by atoms with E-state index in [1.54, 1.807) is 7.11 Å². The van der Waals surface area contributed by atoms with Gasteiger partial charge < -0.3 is 15.2 Å². The average molecular weight is 328 g/mol. The van der Waals surface area contributed by atoms with Crippen LogP contribution in [0.2, 0.25) is 0 Å². The molecule has 0 bridgehead atoms. The van der Waals surface area contributed by atoms with Gasteiger partial charge in [0.2, 0.25) is 5.91 Å². The third-order valence-corrected chi connectivity index (χ3v) is 4.02. The van der Waals surface area contributed by atoms with Gasteiger partial charge in [-0.2, -0.15) is 0 Å². The monoisotopic (exact) mass is 328 g/mol. The molecule has 0 saturated carbocycles. The SMILES string of the molecule is COc1ccc(C(CO)N(C)CC(=O)Nc2ccccc2C)cc1. The van der Waals surface area contributed by atoms with Crippen LogP contribution in [0.15, 0.2) is 48.5 Å². The third-order valence-electron chi connectivity index (χ3n) is 4.02. The van der Waals surface area contributed by atoms with Crippen molar-refractivity contribution in [2.75, 3.05) is 32.6 Å². The fourth-order valence-electron chi connectivity index (χ4n) is 2.56. The second-order valence-corrected chi connectivity index (χ2v) is 5.75. The average Bonchev–Trinajstić information content (AvgIpc) is 2.58. The molecule has 0 radical (unpaired) electrons. The molecule has 5 nitrogen and oxygen atoms in total. The zero-order valence-corrected chi connectivity index (χ0v) is 14.3. The lowest BCUT2D eigenvalue weighted by Crippen LogP contribution is -2.35. The highest BCUT2D eigenvalue weighted by atomic mass is 16.5. The molecule has 1 atom stereocenters. The quantitative estimate of drug-likeness (QED) is 0.820. The number of carbonyl (C=O) groups excluding carboxylic acids is 1. The van der Waals surface area contributed by atoms with Crippen molar-refractivity contribution in [3.63, 3.8) is 0 Å². The Balaban J connectivity index is 2.01. The predicted molar refractivity (Wildman–Crippen MR) is 95.3 cm³/mol. The maximum atomic E-state index is 12.3. The number of anilines is 1. The van der Waals surface area contributed by atoms with Crippen molar-refractivity contribution in [1.82, 2.24) is 4.90 Å². The number of ether oxygens (including phenoxy) is 1. The molecule has 1 unspecified atom stereocenters. The summed E-state index contributed by atoms with van der Waals surface area (Å²) >= 11 is 0. The Morgan fingerprint density at radius 2 is 1.88 bits per heavy atom. The standard InChI is InChI=1S/C19H24N2O3/c1-14-6-4-5-7-17(14)20-19(23)12-21(2)18(13-22)15-8-10-16(24-3)11-9-15/h4-11,18,22H,12-13H2,1-3H3,(H,20,23). The van der Waals surface area contributed by atoms with Gasteiger partial charge >= 0.3 is 0 Å². The number of para-hydroxylation sites is 1. The molecule has 0 fully saturated rings. The van der Waals surface area contributed by atoms with Crippen molar-refractivity contribution in [3.8, 4) is 5.75 Å². The molecule has 24 heavy (non-hydrogen) atoms. The lowest BCUT2D eigenvalue weighted by molar-refractivity contribution is -0.117. The lowest BCUT2D eigenvalue weighted by Gasteiger charge is -2.26. The maximum Gasteiger partial charge on any atom is 0.238 e. The van der Waals surface area contributed by atoms with Gasteiger partial charge in [-0.1, -0.05) is 30.3 Å². The summed E-state index contributed by atoms with van der Waals surface area (Å²) in [6.07, 6.45) is 0. The third kappa shape index (κ3) is 4.57. The van der Waals surface area contributed by atoms with E-state index in [4.69, 9.17) is 4.74 Å². The van der Waals surface area contributed by atoms with Crippen LogP contribution < -0.4 is 10.1 Å². The van der Waals surface area contributed by atoms with Crippen molar-refractivity contribution in [2.45, 2.75) is 13.0 Å². The molecule has 1 amide bonds. The van der Waals surface area contributed by atoms with E-state index in [2.05, 4.69) is 5.32 Å². The van der Waals surface area contributed by atoms with Crippen LogP contribution in [-0.2, 0) is 4.79 Å². The number of methoxy groups -OCH3 is 1. The molecule has 0 saturated heterocycles. The van der Waals surface area contributed by atoms with E-state index < -0.39 is 0 Å². The van der Waals surface area contributed by atoms with Gasteiger partial charge in [0.1, 0.15) is 5.75 Å². The maximum absolute atomic E-state index is 12.3. The lowest BCUT2D eigenvalue weighted by atomic mass is 10.1. The summed E-state index contributed by atoms with van der Waals surface area (Å²) in [6.45, 7) is 2.07. The van der Waals surface area contributed by atoms with E-state index in [1.165, 1.54) is 0 Å². The summed E-state index contributed by atoms with van der Waals surface area (Å²) in [7, 11) is 3.43. The van der Waals surface area contributed by atoms with Gasteiger partial charge in [-0.15, -0.1) is 0 Å². The number of carbonyl (C=O) groups is 1. The van der Waals surface area contributed by atoms with Crippen LogP contribution in [0, 0.1) is 6.92 Å². The molecule has 5 heteroatoms. The Kier molecular flexibility index (Phi) is 6.35. The van der Waals surface area contributed by atoms with Crippen molar-refractivity contribution >= 4 is 11.6 Å². The Hall–Kier alpha value is -2.37. The summed E-state index contributed by atoms with van der Waals surface area (Å²) in [4.78, 5) is 14.1. The van der Waals surface area contributed by atoms with E-state index in [-0.39, 0.29) is 25.1 Å². The molecular weight excluding hydrogens is 304 g/mol. The number of aryl methyl sites for hydroxylation is 1. The number of amides is 1.